The molecule has 1 aliphatic rings. The molecule has 0 aromatic carbocycles. The fourth-order valence-electron chi connectivity index (χ4n) is 2.37. The summed E-state index contributed by atoms with van der Waals surface area (Å²) in [6, 6.07) is 0. The van der Waals surface area contributed by atoms with Crippen LogP contribution in [0, 0.1) is 5.92 Å². The molecule has 0 aliphatic heterocycles. The van der Waals surface area contributed by atoms with E-state index in [9.17, 15) is 9.90 Å². The topological polar surface area (TPSA) is 75.2 Å². The molecule has 0 radical (unpaired) electrons. The molecule has 0 unspecified atom stereocenters. The number of ether oxygens (including phenoxy) is 1. The Hall–Kier alpha value is -1.36. The monoisotopic (exact) mass is 238 g/mol. The van der Waals surface area contributed by atoms with Gasteiger partial charge in [0.1, 0.15) is 5.60 Å². The Morgan fingerprint density at radius 3 is 2.88 bits per heavy atom. The molecule has 0 bridgehead atoms. The molecular weight excluding hydrogens is 220 g/mol. The normalized spacial score (nSPS) is 28.9. The predicted octanol–water partition coefficient (Wildman–Crippen LogP) is 1.35. The molecule has 1 heterocycles. The third-order valence-corrected chi connectivity index (χ3v) is 3.43. The first-order valence-electron chi connectivity index (χ1n) is 6.03. The van der Waals surface area contributed by atoms with Crippen LogP contribution in [0.2, 0.25) is 0 Å². The van der Waals surface area contributed by atoms with Gasteiger partial charge in [-0.05, 0) is 32.6 Å². The predicted molar refractivity (Wildman–Crippen MR) is 61.1 cm³/mol. The van der Waals surface area contributed by atoms with Crippen molar-refractivity contribution < 1.29 is 14.6 Å². The van der Waals surface area contributed by atoms with E-state index in [2.05, 4.69) is 9.97 Å². The lowest BCUT2D eigenvalue weighted by molar-refractivity contribution is -0.151. The van der Waals surface area contributed by atoms with Gasteiger partial charge in [0, 0.05) is 0 Å². The van der Waals surface area contributed by atoms with Gasteiger partial charge in [-0.3, -0.25) is 4.79 Å². The number of aromatic nitrogens is 2. The zero-order chi connectivity index (χ0) is 12.3. The van der Waals surface area contributed by atoms with Gasteiger partial charge in [-0.1, -0.05) is 0 Å². The number of carbonyl (C=O) groups excluding carboxylic acids is 1. The Balaban J connectivity index is 1.96. The van der Waals surface area contributed by atoms with Crippen LogP contribution in [0.1, 0.15) is 38.3 Å². The van der Waals surface area contributed by atoms with E-state index in [1.807, 2.05) is 6.92 Å². The molecule has 0 spiro atoms. The molecule has 1 aromatic heterocycles. The summed E-state index contributed by atoms with van der Waals surface area (Å²) in [5.74, 6) is -0.211. The number of carbonyl (C=O) groups is 1. The summed E-state index contributed by atoms with van der Waals surface area (Å²) < 4.78 is 5.00. The van der Waals surface area contributed by atoms with E-state index in [0.29, 0.717) is 32.3 Å². The second kappa shape index (κ2) is 4.87. The third-order valence-electron chi connectivity index (χ3n) is 3.43. The highest BCUT2D eigenvalue weighted by atomic mass is 16.5. The highest BCUT2D eigenvalue weighted by molar-refractivity contribution is 5.72. The van der Waals surface area contributed by atoms with Crippen molar-refractivity contribution in [3.8, 4) is 0 Å². The van der Waals surface area contributed by atoms with Gasteiger partial charge >= 0.3 is 5.97 Å². The van der Waals surface area contributed by atoms with E-state index in [4.69, 9.17) is 4.74 Å². The lowest BCUT2D eigenvalue weighted by Crippen LogP contribution is -2.34. The molecule has 1 aromatic rings. The summed E-state index contributed by atoms with van der Waals surface area (Å²) >= 11 is 0. The Morgan fingerprint density at radius 2 is 2.35 bits per heavy atom. The Kier molecular flexibility index (Phi) is 3.47. The minimum atomic E-state index is -0.862. The van der Waals surface area contributed by atoms with Crippen LogP contribution in [0.3, 0.4) is 0 Å². The molecule has 17 heavy (non-hydrogen) atoms. The van der Waals surface area contributed by atoms with Crippen molar-refractivity contribution in [3.05, 3.63) is 18.2 Å². The summed E-state index contributed by atoms with van der Waals surface area (Å²) in [5.41, 5.74) is -0.126. The van der Waals surface area contributed by atoms with Gasteiger partial charge in [0.15, 0.2) is 0 Å². The molecule has 94 valence electrons. The van der Waals surface area contributed by atoms with Crippen molar-refractivity contribution in [1.82, 2.24) is 9.97 Å². The second-order valence-electron chi connectivity index (χ2n) is 4.52. The zero-order valence-corrected chi connectivity index (χ0v) is 9.98. The van der Waals surface area contributed by atoms with Crippen molar-refractivity contribution >= 4 is 5.97 Å². The number of esters is 1. The van der Waals surface area contributed by atoms with Crippen molar-refractivity contribution in [3.63, 3.8) is 0 Å². The number of aliphatic hydroxyl groups is 1. The average Bonchev–Trinajstić information content (AvgIpc) is 2.84. The maximum atomic E-state index is 11.6. The minimum Gasteiger partial charge on any atom is -0.466 e. The maximum Gasteiger partial charge on any atom is 0.308 e. The highest BCUT2D eigenvalue weighted by Gasteiger charge is 2.38. The minimum absolute atomic E-state index is 0.0712. The van der Waals surface area contributed by atoms with Gasteiger partial charge in [0.25, 0.3) is 0 Å². The first-order valence-corrected chi connectivity index (χ1v) is 6.03. The lowest BCUT2D eigenvalue weighted by Gasteiger charge is -2.34. The van der Waals surface area contributed by atoms with Gasteiger partial charge in [0.2, 0.25) is 0 Å². The van der Waals surface area contributed by atoms with Crippen LogP contribution in [-0.2, 0) is 15.1 Å². The van der Waals surface area contributed by atoms with Crippen LogP contribution in [0.25, 0.3) is 0 Å². The Bertz CT molecular complexity index is 367. The molecule has 0 amide bonds. The van der Waals surface area contributed by atoms with Gasteiger partial charge < -0.3 is 14.8 Å². The Morgan fingerprint density at radius 1 is 1.65 bits per heavy atom. The molecule has 2 rings (SSSR count). The largest absolute Gasteiger partial charge is 0.466 e. The van der Waals surface area contributed by atoms with Gasteiger partial charge in [-0.25, -0.2) is 4.98 Å². The molecule has 2 N–H and O–H groups in total. The Labute approximate surface area is 100 Å². The van der Waals surface area contributed by atoms with Gasteiger partial charge in [-0.15, -0.1) is 0 Å². The summed E-state index contributed by atoms with van der Waals surface area (Å²) in [6.07, 6.45) is 5.66. The maximum absolute atomic E-state index is 11.6. The third kappa shape index (κ3) is 2.49. The van der Waals surface area contributed by atoms with Crippen molar-refractivity contribution in [2.45, 2.75) is 38.2 Å². The number of hydrogen-bond donors (Lipinski definition) is 2. The number of rotatable bonds is 3. The molecule has 0 atom stereocenters. The smallest absolute Gasteiger partial charge is 0.308 e. The number of aromatic amines is 1. The number of imidazole rings is 1. The fraction of sp³-hybridized carbons (Fsp3) is 0.667. The zero-order valence-electron chi connectivity index (χ0n) is 9.98. The molecule has 1 fully saturated rings. The number of hydrogen-bond acceptors (Lipinski definition) is 4. The summed E-state index contributed by atoms with van der Waals surface area (Å²) in [5, 5.41) is 10.4. The van der Waals surface area contributed by atoms with E-state index in [0.717, 1.165) is 5.69 Å². The number of nitrogens with one attached hydrogen (secondary N) is 1. The van der Waals surface area contributed by atoms with Crippen LogP contribution in [0.4, 0.5) is 0 Å². The SMILES string of the molecule is CCOC(=O)C1CCC(O)(c2cnc[nH]2)CC1. The quantitative estimate of drug-likeness (QED) is 0.779. The molecule has 1 aliphatic carbocycles. The highest BCUT2D eigenvalue weighted by Crippen LogP contribution is 2.38. The standard InChI is InChI=1S/C12H18N2O3/c1-2-17-11(15)9-3-5-12(16,6-4-9)10-7-13-8-14-10/h7-9,16H,2-6H2,1H3,(H,13,14). The van der Waals surface area contributed by atoms with Crippen molar-refractivity contribution in [2.75, 3.05) is 6.61 Å². The average molecular weight is 238 g/mol. The fourth-order valence-corrected chi connectivity index (χ4v) is 2.37. The van der Waals surface area contributed by atoms with Crippen LogP contribution in [0.5, 0.6) is 0 Å². The molecule has 1 saturated carbocycles. The van der Waals surface area contributed by atoms with E-state index >= 15 is 0 Å². The van der Waals surface area contributed by atoms with Crippen LogP contribution in [-0.4, -0.2) is 27.7 Å². The summed E-state index contributed by atoms with van der Waals surface area (Å²) in [7, 11) is 0. The van der Waals surface area contributed by atoms with Crippen LogP contribution >= 0.6 is 0 Å². The van der Waals surface area contributed by atoms with Crippen LogP contribution < -0.4 is 0 Å². The van der Waals surface area contributed by atoms with Gasteiger partial charge in [0.05, 0.1) is 30.7 Å². The van der Waals surface area contributed by atoms with E-state index in [-0.39, 0.29) is 11.9 Å². The second-order valence-corrected chi connectivity index (χ2v) is 4.52. The summed E-state index contributed by atoms with van der Waals surface area (Å²) in [4.78, 5) is 18.4. The first kappa shape index (κ1) is 12.1. The van der Waals surface area contributed by atoms with Crippen LogP contribution in [0.15, 0.2) is 12.5 Å². The van der Waals surface area contributed by atoms with E-state index in [1.165, 1.54) is 0 Å². The lowest BCUT2D eigenvalue weighted by atomic mass is 9.77. The number of H-pyrrole nitrogens is 1. The van der Waals surface area contributed by atoms with E-state index < -0.39 is 5.60 Å². The van der Waals surface area contributed by atoms with Crippen molar-refractivity contribution in [2.24, 2.45) is 5.92 Å². The number of nitrogens with zero attached hydrogens (tertiary/aromatic N) is 1. The first-order chi connectivity index (χ1) is 8.15. The van der Waals surface area contributed by atoms with Gasteiger partial charge in [-0.2, -0.15) is 0 Å². The molecule has 5 heteroatoms. The van der Waals surface area contributed by atoms with E-state index in [1.54, 1.807) is 12.5 Å². The summed E-state index contributed by atoms with van der Waals surface area (Å²) in [6.45, 7) is 2.22. The molecular formula is C12H18N2O3. The molecule has 0 saturated heterocycles. The van der Waals surface area contributed by atoms with Crippen molar-refractivity contribution in [1.29, 1.82) is 0 Å². The molecule has 5 nitrogen and oxygen atoms in total.